The van der Waals surface area contributed by atoms with E-state index in [4.69, 9.17) is 28.1 Å². The summed E-state index contributed by atoms with van der Waals surface area (Å²) in [7, 11) is -7.26. The van der Waals surface area contributed by atoms with Crippen LogP contribution in [-0.4, -0.2) is 18.3 Å². The monoisotopic (exact) mass is 197 g/mol. The zero-order chi connectivity index (χ0) is 7.15. The fourth-order valence-electron chi connectivity index (χ4n) is 0. The van der Waals surface area contributed by atoms with E-state index in [1.807, 2.05) is 0 Å². The van der Waals surface area contributed by atoms with Gasteiger partial charge in [0.25, 0.3) is 0 Å². The van der Waals surface area contributed by atoms with Crippen LogP contribution < -0.4 is 19.2 Å². The predicted molar refractivity (Wildman–Crippen MR) is 12.9 cm³/mol. The minimum atomic E-state index is -3.63. The van der Waals surface area contributed by atoms with Crippen molar-refractivity contribution in [1.82, 2.24) is 0 Å². The largest absolute Gasteiger partial charge is 3.00 e. The van der Waals surface area contributed by atoms with Crippen molar-refractivity contribution in [2.75, 3.05) is 0 Å². The van der Waals surface area contributed by atoms with Crippen molar-refractivity contribution in [3.05, 3.63) is 0 Å². The fourth-order valence-corrected chi connectivity index (χ4v) is 0. The molecule has 0 aliphatic heterocycles. The van der Waals surface area contributed by atoms with Gasteiger partial charge in [0.2, 0.25) is 0 Å². The first-order valence-corrected chi connectivity index (χ1v) is 3.67. The minimum Gasteiger partial charge on any atom is -0.672 e. The molecule has 0 aliphatic rings. The van der Waals surface area contributed by atoms with Gasteiger partial charge in [0.15, 0.2) is 0 Å². The van der Waals surface area contributed by atoms with Gasteiger partial charge in [-0.15, -0.1) is 0 Å². The first-order chi connectivity index (χ1) is 3.46. The fraction of sp³-hybridized carbons (Fsp3) is 0. The summed E-state index contributed by atoms with van der Waals surface area (Å²) in [6.45, 7) is 0. The van der Waals surface area contributed by atoms with Crippen LogP contribution in [0.5, 0.6) is 0 Å². The van der Waals surface area contributed by atoms with Crippen molar-refractivity contribution in [1.29, 1.82) is 0 Å². The standard InChI is InChI=1S/2O3Si.Sc/c2*1-4(2)3;/q2*-2;+3. The van der Waals surface area contributed by atoms with Crippen LogP contribution in [0.25, 0.3) is 0 Å². The molecule has 0 aliphatic carbocycles. The molecule has 9 heavy (non-hydrogen) atoms. The quantitative estimate of drug-likeness (QED) is 0.356. The van der Waals surface area contributed by atoms with Crippen molar-refractivity contribution < 1.29 is 53.9 Å². The molecule has 6 nitrogen and oxygen atoms in total. The van der Waals surface area contributed by atoms with E-state index in [1.54, 1.807) is 0 Å². The van der Waals surface area contributed by atoms with Crippen LogP contribution in [0, 0.1) is 0 Å². The summed E-state index contributed by atoms with van der Waals surface area (Å²) in [4.78, 5) is 34.1. The SMILES string of the molecule is O=[Si]([O-])[O-].O=[Si]([O-])[O-].[Sc+3]. The smallest absolute Gasteiger partial charge is 0.672 e. The molecular weight excluding hydrogens is 197 g/mol. The van der Waals surface area contributed by atoms with Crippen LogP contribution in [-0.2, 0) is 34.8 Å². The van der Waals surface area contributed by atoms with E-state index < -0.39 is 18.3 Å². The molecule has 0 aromatic carbocycles. The van der Waals surface area contributed by atoms with Crippen molar-refractivity contribution in [3.63, 3.8) is 0 Å². The maximum Gasteiger partial charge on any atom is 3.00 e. The van der Waals surface area contributed by atoms with Crippen molar-refractivity contribution in [2.24, 2.45) is 0 Å². The third-order valence-electron chi connectivity index (χ3n) is 0. The normalized spacial score (nSPS) is 5.33. The van der Waals surface area contributed by atoms with Gasteiger partial charge in [0.05, 0.1) is 0 Å². The van der Waals surface area contributed by atoms with Gasteiger partial charge >= 0.3 is 25.8 Å². The Morgan fingerprint density at radius 2 is 0.778 bits per heavy atom. The van der Waals surface area contributed by atoms with E-state index in [1.165, 1.54) is 0 Å². The average molecular weight is 197 g/mol. The maximum atomic E-state index is 8.52. The van der Waals surface area contributed by atoms with E-state index in [-0.39, 0.29) is 25.8 Å². The molecule has 0 bridgehead atoms. The summed E-state index contributed by atoms with van der Waals surface area (Å²) in [5.41, 5.74) is 0. The second-order valence-corrected chi connectivity index (χ2v) is 1.50. The second-order valence-electron chi connectivity index (χ2n) is 0.500. The Morgan fingerprint density at radius 3 is 0.778 bits per heavy atom. The van der Waals surface area contributed by atoms with E-state index in [2.05, 4.69) is 0 Å². The van der Waals surface area contributed by atoms with Gasteiger partial charge in [0, 0.05) is 18.3 Å². The van der Waals surface area contributed by atoms with Crippen molar-refractivity contribution in [2.45, 2.75) is 0 Å². The molecule has 0 spiro atoms. The third kappa shape index (κ3) is 28000. The van der Waals surface area contributed by atoms with Crippen LogP contribution in [0.4, 0.5) is 0 Å². The molecule has 48 valence electrons. The first kappa shape index (κ1) is 16.0. The molecule has 0 amide bonds. The van der Waals surface area contributed by atoms with Crippen LogP contribution in [0.2, 0.25) is 0 Å². The maximum absolute atomic E-state index is 8.52. The Kier molecular flexibility index (Phi) is 19.6. The Hall–Kier alpha value is 0.104. The minimum absolute atomic E-state index is 0. The van der Waals surface area contributed by atoms with Crippen LogP contribution in [0.15, 0.2) is 0 Å². The van der Waals surface area contributed by atoms with Gasteiger partial charge in [-0.25, -0.2) is 0 Å². The van der Waals surface area contributed by atoms with Gasteiger partial charge < -0.3 is 28.1 Å². The van der Waals surface area contributed by atoms with E-state index in [0.29, 0.717) is 0 Å². The molecule has 0 fully saturated rings. The Morgan fingerprint density at radius 1 is 0.778 bits per heavy atom. The topological polar surface area (TPSA) is 126 Å². The molecule has 9 heteroatoms. The van der Waals surface area contributed by atoms with Gasteiger partial charge in [-0.3, -0.25) is 0 Å². The molecule has 0 rings (SSSR count). The van der Waals surface area contributed by atoms with Crippen LogP contribution in [0.1, 0.15) is 0 Å². The molecule has 0 unspecified atom stereocenters. The Labute approximate surface area is 72.4 Å². The molecule has 0 aromatic heterocycles. The number of hydrogen-bond acceptors (Lipinski definition) is 6. The van der Waals surface area contributed by atoms with Crippen LogP contribution in [0.3, 0.4) is 0 Å². The number of rotatable bonds is 0. The van der Waals surface area contributed by atoms with E-state index in [9.17, 15) is 0 Å². The van der Waals surface area contributed by atoms with E-state index >= 15 is 0 Å². The molecule has 0 heterocycles. The second kappa shape index (κ2) is 11.0. The summed E-state index contributed by atoms with van der Waals surface area (Å²) in [5, 5.41) is 0. The molecule has 0 saturated carbocycles. The first-order valence-electron chi connectivity index (χ1n) is 1.22. The zero-order valence-corrected chi connectivity index (χ0v) is 7.83. The zero-order valence-electron chi connectivity index (χ0n) is 4.03. The van der Waals surface area contributed by atoms with Gasteiger partial charge in [-0.2, -0.15) is 0 Å². The predicted octanol–water partition coefficient (Wildman–Crippen LogP) is -5.76. The Balaban J connectivity index is -0.0000000720. The van der Waals surface area contributed by atoms with Gasteiger partial charge in [-0.1, -0.05) is 0 Å². The molecule has 0 saturated heterocycles. The third-order valence-corrected chi connectivity index (χ3v) is 0. The van der Waals surface area contributed by atoms with Crippen LogP contribution >= 0.6 is 0 Å². The van der Waals surface area contributed by atoms with Gasteiger partial charge in [-0.05, 0) is 0 Å². The molecule has 0 N–H and O–H groups in total. The molecule has 0 aromatic rings. The molecule has 0 atom stereocenters. The summed E-state index contributed by atoms with van der Waals surface area (Å²) in [6.07, 6.45) is 0. The van der Waals surface area contributed by atoms with Gasteiger partial charge in [0.1, 0.15) is 0 Å². The Bertz CT molecular complexity index is 69.1. The van der Waals surface area contributed by atoms with Crippen molar-refractivity contribution in [3.8, 4) is 0 Å². The summed E-state index contributed by atoms with van der Waals surface area (Å²) in [5.74, 6) is 0. The summed E-state index contributed by atoms with van der Waals surface area (Å²) in [6, 6.07) is 0. The number of hydrogen-bond donors (Lipinski definition) is 0. The molecular formula is O6ScSi2-. The van der Waals surface area contributed by atoms with Crippen molar-refractivity contribution >= 4 is 18.3 Å². The average Bonchev–Trinajstić information content (AvgIpc) is 1.25. The van der Waals surface area contributed by atoms with E-state index in [0.717, 1.165) is 0 Å². The summed E-state index contributed by atoms with van der Waals surface area (Å²) < 4.78 is 17.0. The molecule has 0 radical (unpaired) electrons. The summed E-state index contributed by atoms with van der Waals surface area (Å²) >= 11 is 0.